The van der Waals surface area contributed by atoms with E-state index < -0.39 is 0 Å². The Labute approximate surface area is 336 Å². The summed E-state index contributed by atoms with van der Waals surface area (Å²) >= 11 is 0. The van der Waals surface area contributed by atoms with Gasteiger partial charge in [0.1, 0.15) is 0 Å². The van der Waals surface area contributed by atoms with E-state index in [4.69, 9.17) is 15.0 Å². The molecule has 1 aliphatic rings. The Bertz CT molecular complexity index is 3100. The van der Waals surface area contributed by atoms with Crippen molar-refractivity contribution in [3.8, 4) is 73.4 Å². The summed E-state index contributed by atoms with van der Waals surface area (Å²) in [6.45, 7) is 0. The van der Waals surface area contributed by atoms with Gasteiger partial charge in [0.05, 0.1) is 22.6 Å². The fourth-order valence-electron chi connectivity index (χ4n) is 8.35. The van der Waals surface area contributed by atoms with Gasteiger partial charge in [-0.2, -0.15) is 0 Å². The monoisotopic (exact) mass is 741 g/mol. The van der Waals surface area contributed by atoms with Gasteiger partial charge in [0.15, 0.2) is 17.5 Å². The van der Waals surface area contributed by atoms with Crippen molar-refractivity contribution >= 4 is 28.0 Å². The summed E-state index contributed by atoms with van der Waals surface area (Å²) in [7, 11) is 0. The Morgan fingerprint density at radius 3 is 1.50 bits per heavy atom. The number of para-hydroxylation sites is 4. The van der Waals surface area contributed by atoms with Gasteiger partial charge in [0.2, 0.25) is 0 Å². The van der Waals surface area contributed by atoms with Gasteiger partial charge in [-0.3, -0.25) is 0 Å². The number of aromatic nitrogens is 4. The van der Waals surface area contributed by atoms with Crippen molar-refractivity contribution in [3.05, 3.63) is 212 Å². The fourth-order valence-corrected chi connectivity index (χ4v) is 8.35. The van der Waals surface area contributed by atoms with Gasteiger partial charge in [-0.05, 0) is 53.6 Å². The minimum absolute atomic E-state index is 0.610. The van der Waals surface area contributed by atoms with E-state index >= 15 is 0 Å². The summed E-state index contributed by atoms with van der Waals surface area (Å²) in [5, 5.41) is 1.21. The highest BCUT2D eigenvalue weighted by Crippen LogP contribution is 2.54. The van der Waals surface area contributed by atoms with Gasteiger partial charge in [-0.25, -0.2) is 15.0 Å². The summed E-state index contributed by atoms with van der Waals surface area (Å²) in [5.41, 5.74) is 15.3. The Balaban J connectivity index is 1.09. The second-order valence-corrected chi connectivity index (χ2v) is 14.4. The maximum atomic E-state index is 5.15. The number of benzene rings is 8. The molecule has 0 radical (unpaired) electrons. The normalized spacial score (nSPS) is 11.8. The summed E-state index contributed by atoms with van der Waals surface area (Å²) < 4.78 is 2.42. The van der Waals surface area contributed by atoms with Crippen LogP contribution in [0.4, 0.5) is 17.1 Å². The lowest BCUT2D eigenvalue weighted by atomic mass is 9.98. The predicted molar refractivity (Wildman–Crippen MR) is 238 cm³/mol. The van der Waals surface area contributed by atoms with Crippen LogP contribution in [0.3, 0.4) is 0 Å². The lowest BCUT2D eigenvalue weighted by molar-refractivity contribution is 1.07. The van der Waals surface area contributed by atoms with Crippen LogP contribution in [0.15, 0.2) is 212 Å². The van der Waals surface area contributed by atoms with Crippen LogP contribution in [0.5, 0.6) is 0 Å². The summed E-state index contributed by atoms with van der Waals surface area (Å²) in [4.78, 5) is 17.7. The third-order valence-electron chi connectivity index (χ3n) is 11.0. The second kappa shape index (κ2) is 14.0. The lowest BCUT2D eigenvalue weighted by Crippen LogP contribution is -2.11. The van der Waals surface area contributed by atoms with Gasteiger partial charge < -0.3 is 9.47 Å². The average molecular weight is 742 g/mol. The molecule has 2 aromatic heterocycles. The predicted octanol–water partition coefficient (Wildman–Crippen LogP) is 13.6. The molecule has 10 aromatic rings. The van der Waals surface area contributed by atoms with E-state index in [0.717, 1.165) is 56.1 Å². The molecular formula is C53H35N5. The number of nitrogens with zero attached hydrogens (tertiary/aromatic N) is 5. The zero-order valence-electron chi connectivity index (χ0n) is 31.4. The molecule has 3 heterocycles. The largest absolute Gasteiger partial charge is 0.309 e. The SMILES string of the molecule is c1ccc(-c2ccc(-c3nc(-c4ccccc4)nc(-c4cccc(N5c6ccccc6-c6c(n(-c7ccccc7)c7ccccc67)-c6ccccc65)c4)n3)cc2)cc1. The number of hydrogen-bond acceptors (Lipinski definition) is 4. The molecule has 5 heteroatoms. The third-order valence-corrected chi connectivity index (χ3v) is 11.0. The fraction of sp³-hybridized carbons (Fsp3) is 0. The van der Waals surface area contributed by atoms with Crippen molar-refractivity contribution in [1.29, 1.82) is 0 Å². The first-order chi connectivity index (χ1) is 28.8. The van der Waals surface area contributed by atoms with Gasteiger partial charge >= 0.3 is 0 Å². The molecule has 1 aliphatic heterocycles. The second-order valence-electron chi connectivity index (χ2n) is 14.4. The molecule has 0 fully saturated rings. The van der Waals surface area contributed by atoms with Gasteiger partial charge in [-0.15, -0.1) is 0 Å². The van der Waals surface area contributed by atoms with E-state index in [-0.39, 0.29) is 0 Å². The van der Waals surface area contributed by atoms with E-state index in [1.807, 2.05) is 36.4 Å². The van der Waals surface area contributed by atoms with Crippen molar-refractivity contribution in [3.63, 3.8) is 0 Å². The van der Waals surface area contributed by atoms with E-state index in [9.17, 15) is 0 Å². The molecule has 0 atom stereocenters. The standard InChI is InChI=1S/C53H35N5/c1-4-17-36(18-5-1)37-31-33-39(34-32-37)52-54-51(38-19-6-2-7-20-38)55-53(56-52)40-21-16-24-42(35-40)57-46-28-13-10-25-43(46)49-44-26-11-14-29-47(44)58(41-22-8-3-9-23-41)50(49)45-27-12-15-30-48(45)57/h1-35H. The van der Waals surface area contributed by atoms with Crippen molar-refractivity contribution in [2.24, 2.45) is 0 Å². The van der Waals surface area contributed by atoms with Crippen LogP contribution in [0.25, 0.3) is 84.3 Å². The number of anilines is 3. The van der Waals surface area contributed by atoms with Crippen LogP contribution in [0, 0.1) is 0 Å². The Kier molecular flexibility index (Phi) is 8.07. The highest BCUT2D eigenvalue weighted by Gasteiger charge is 2.31. The Morgan fingerprint density at radius 1 is 0.328 bits per heavy atom. The van der Waals surface area contributed by atoms with Crippen LogP contribution in [-0.2, 0) is 0 Å². The van der Waals surface area contributed by atoms with Crippen molar-refractivity contribution in [2.45, 2.75) is 0 Å². The quantitative estimate of drug-likeness (QED) is 0.170. The maximum absolute atomic E-state index is 5.15. The van der Waals surface area contributed by atoms with Gasteiger partial charge in [0, 0.05) is 50.1 Å². The highest BCUT2D eigenvalue weighted by atomic mass is 15.2. The van der Waals surface area contributed by atoms with Crippen molar-refractivity contribution in [1.82, 2.24) is 19.5 Å². The summed E-state index contributed by atoms with van der Waals surface area (Å²) in [6, 6.07) is 74.6. The Morgan fingerprint density at radius 2 is 0.793 bits per heavy atom. The maximum Gasteiger partial charge on any atom is 0.164 e. The number of hydrogen-bond donors (Lipinski definition) is 0. The molecule has 5 nitrogen and oxygen atoms in total. The first kappa shape index (κ1) is 33.4. The van der Waals surface area contributed by atoms with Crippen molar-refractivity contribution < 1.29 is 0 Å². The molecule has 8 aromatic carbocycles. The topological polar surface area (TPSA) is 46.8 Å². The molecule has 0 bridgehead atoms. The van der Waals surface area contributed by atoms with E-state index in [1.54, 1.807) is 0 Å². The first-order valence-electron chi connectivity index (χ1n) is 19.5. The van der Waals surface area contributed by atoms with Crippen LogP contribution < -0.4 is 4.90 Å². The van der Waals surface area contributed by atoms with Crippen LogP contribution >= 0.6 is 0 Å². The smallest absolute Gasteiger partial charge is 0.164 e. The molecule has 0 unspecified atom stereocenters. The number of fused-ring (bicyclic) bond motifs is 7. The van der Waals surface area contributed by atoms with Crippen LogP contribution in [0.1, 0.15) is 0 Å². The van der Waals surface area contributed by atoms with E-state index in [0.29, 0.717) is 17.5 Å². The molecule has 0 aliphatic carbocycles. The molecular weight excluding hydrogens is 707 g/mol. The zero-order chi connectivity index (χ0) is 38.4. The molecule has 0 spiro atoms. The molecule has 0 N–H and O–H groups in total. The van der Waals surface area contributed by atoms with Gasteiger partial charge in [0.25, 0.3) is 0 Å². The summed E-state index contributed by atoms with van der Waals surface area (Å²) in [6.07, 6.45) is 0. The molecule has 0 saturated heterocycles. The minimum Gasteiger partial charge on any atom is -0.309 e. The van der Waals surface area contributed by atoms with Crippen LogP contribution in [-0.4, -0.2) is 19.5 Å². The van der Waals surface area contributed by atoms with E-state index in [1.165, 1.54) is 27.7 Å². The molecule has 0 amide bonds. The zero-order valence-corrected chi connectivity index (χ0v) is 31.4. The number of rotatable bonds is 6. The molecule has 11 rings (SSSR count). The molecule has 58 heavy (non-hydrogen) atoms. The minimum atomic E-state index is 0.610. The molecule has 272 valence electrons. The highest BCUT2D eigenvalue weighted by molar-refractivity contribution is 6.13. The van der Waals surface area contributed by atoms with Gasteiger partial charge in [-0.1, -0.05) is 170 Å². The van der Waals surface area contributed by atoms with Crippen LogP contribution in [0.2, 0.25) is 0 Å². The average Bonchev–Trinajstić information content (AvgIpc) is 3.59. The molecule has 0 saturated carbocycles. The third kappa shape index (κ3) is 5.68. The Hall–Kier alpha value is -7.89. The first-order valence-corrected chi connectivity index (χ1v) is 19.5. The summed E-state index contributed by atoms with van der Waals surface area (Å²) in [5.74, 6) is 1.86. The lowest BCUT2D eigenvalue weighted by Gasteiger charge is -2.28. The van der Waals surface area contributed by atoms with E-state index in [2.05, 4.69) is 185 Å². The van der Waals surface area contributed by atoms with Crippen molar-refractivity contribution in [2.75, 3.05) is 4.90 Å².